The highest BCUT2D eigenvalue weighted by Crippen LogP contribution is 2.44. The van der Waals surface area contributed by atoms with Gasteiger partial charge in [-0.1, -0.05) is 44.6 Å². The maximum absolute atomic E-state index is 12.4. The van der Waals surface area contributed by atoms with Crippen LogP contribution in [0.2, 0.25) is 0 Å². The van der Waals surface area contributed by atoms with Crippen molar-refractivity contribution in [1.82, 2.24) is 0 Å². The van der Waals surface area contributed by atoms with Gasteiger partial charge in [0.25, 0.3) is 0 Å². The van der Waals surface area contributed by atoms with Crippen molar-refractivity contribution in [3.05, 3.63) is 36.0 Å². The first-order valence-electron chi connectivity index (χ1n) is 13.8. The number of carbonyl (C=O) groups is 2. The highest BCUT2D eigenvalue weighted by Gasteiger charge is 2.58. The van der Waals surface area contributed by atoms with Crippen LogP contribution in [-0.2, 0) is 28.5 Å². The minimum Gasteiger partial charge on any atom is -0.459 e. The van der Waals surface area contributed by atoms with E-state index < -0.39 is 17.8 Å². The fraction of sp³-hybridized carbons (Fsp3) is 0.733. The van der Waals surface area contributed by atoms with Crippen molar-refractivity contribution in [2.75, 3.05) is 6.61 Å². The van der Waals surface area contributed by atoms with Crippen molar-refractivity contribution in [2.45, 2.75) is 116 Å². The van der Waals surface area contributed by atoms with Crippen LogP contribution in [0.4, 0.5) is 0 Å². The van der Waals surface area contributed by atoms with E-state index in [0.717, 1.165) is 24.8 Å². The number of carbonyl (C=O) groups excluding carboxylic acids is 2. The van der Waals surface area contributed by atoms with E-state index in [1.807, 2.05) is 19.1 Å². The molecular formula is C30H46O7. The lowest BCUT2D eigenvalue weighted by atomic mass is 9.81. The number of rotatable bonds is 10. The Labute approximate surface area is 222 Å². The van der Waals surface area contributed by atoms with Crippen molar-refractivity contribution in [3.8, 4) is 0 Å². The zero-order valence-corrected chi connectivity index (χ0v) is 23.5. The molecule has 0 bridgehead atoms. The Morgan fingerprint density at radius 2 is 1.84 bits per heavy atom. The predicted octanol–water partition coefficient (Wildman–Crippen LogP) is 4.72. The molecule has 0 aromatic heterocycles. The first-order chi connectivity index (χ1) is 17.4. The number of hydrogen-bond acceptors (Lipinski definition) is 7. The zero-order chi connectivity index (χ0) is 27.3. The Hall–Kier alpha value is -1.80. The molecule has 208 valence electrons. The largest absolute Gasteiger partial charge is 0.459 e. The maximum atomic E-state index is 12.4. The van der Waals surface area contributed by atoms with Crippen molar-refractivity contribution < 1.29 is 33.6 Å². The molecular weight excluding hydrogens is 472 g/mol. The first kappa shape index (κ1) is 29.8. The average molecular weight is 519 g/mol. The maximum Gasteiger partial charge on any atom is 0.303 e. The van der Waals surface area contributed by atoms with Gasteiger partial charge < -0.3 is 24.1 Å². The van der Waals surface area contributed by atoms with Gasteiger partial charge in [-0.15, -0.1) is 0 Å². The van der Waals surface area contributed by atoms with Gasteiger partial charge in [0.2, 0.25) is 0 Å². The van der Waals surface area contributed by atoms with E-state index in [1.165, 1.54) is 13.0 Å². The molecule has 0 radical (unpaired) electrons. The van der Waals surface area contributed by atoms with Crippen LogP contribution in [0, 0.1) is 17.8 Å². The second kappa shape index (κ2) is 12.8. The lowest BCUT2D eigenvalue weighted by Crippen LogP contribution is -2.51. The van der Waals surface area contributed by atoms with E-state index in [9.17, 15) is 14.7 Å². The van der Waals surface area contributed by atoms with Gasteiger partial charge in [-0.2, -0.15) is 0 Å². The van der Waals surface area contributed by atoms with E-state index >= 15 is 0 Å². The molecule has 1 N–H and O–H groups in total. The highest BCUT2D eigenvalue weighted by molar-refractivity contribution is 5.89. The number of hydrogen-bond donors (Lipinski definition) is 1. The molecule has 37 heavy (non-hydrogen) atoms. The Balaban J connectivity index is 1.49. The van der Waals surface area contributed by atoms with Crippen LogP contribution >= 0.6 is 0 Å². The molecule has 3 aliphatic rings. The summed E-state index contributed by atoms with van der Waals surface area (Å²) in [5.41, 5.74) is 0.663. The third kappa shape index (κ3) is 8.34. The minimum absolute atomic E-state index is 0.0119. The molecule has 0 aromatic carbocycles. The number of allylic oxidation sites excluding steroid dienone is 3. The molecule has 0 aromatic rings. The number of aliphatic hydroxyl groups excluding tert-OH is 1. The standard InChI is InChI=1S/C30H46O7/c1-18(2)28-16-30(17-34-30)29(33)27(37-28)13-9-19(3)8-12-26-20(4)14-24(22(6)36-26)15-25(32)11-10-21(5)35-23(7)31/h8-11,13,18,20-22,24,26-29,33H,12,14-17H2,1-7H3/b11-10-,13-9+,19-8+/t20-,21-,22+,24-,26-,27?,28?,29?,30?/m0/s1. The number of epoxide rings is 1. The Morgan fingerprint density at radius 1 is 1.14 bits per heavy atom. The molecule has 3 heterocycles. The lowest BCUT2D eigenvalue weighted by Gasteiger charge is -2.39. The smallest absolute Gasteiger partial charge is 0.303 e. The summed E-state index contributed by atoms with van der Waals surface area (Å²) in [6.45, 7) is 14.2. The molecule has 3 fully saturated rings. The summed E-state index contributed by atoms with van der Waals surface area (Å²) in [6, 6.07) is 0. The van der Waals surface area contributed by atoms with Gasteiger partial charge in [0.1, 0.15) is 23.9 Å². The summed E-state index contributed by atoms with van der Waals surface area (Å²) >= 11 is 0. The lowest BCUT2D eigenvalue weighted by molar-refractivity contribution is -0.145. The average Bonchev–Trinajstić information content (AvgIpc) is 3.59. The van der Waals surface area contributed by atoms with Gasteiger partial charge in [-0.3, -0.25) is 9.59 Å². The minimum atomic E-state index is -0.645. The topological polar surface area (TPSA) is 94.6 Å². The third-order valence-corrected chi connectivity index (χ3v) is 7.94. The summed E-state index contributed by atoms with van der Waals surface area (Å²) in [4.78, 5) is 23.5. The van der Waals surface area contributed by atoms with Gasteiger partial charge in [0.05, 0.1) is 24.9 Å². The van der Waals surface area contributed by atoms with E-state index in [-0.39, 0.29) is 42.1 Å². The summed E-state index contributed by atoms with van der Waals surface area (Å²) in [7, 11) is 0. The normalized spacial score (nSPS) is 37.4. The van der Waals surface area contributed by atoms with Crippen molar-refractivity contribution in [3.63, 3.8) is 0 Å². The van der Waals surface area contributed by atoms with E-state index in [2.05, 4.69) is 33.8 Å². The van der Waals surface area contributed by atoms with Crippen molar-refractivity contribution >= 4 is 11.8 Å². The second-order valence-corrected chi connectivity index (χ2v) is 11.6. The quantitative estimate of drug-likeness (QED) is 0.194. The molecule has 7 heteroatoms. The van der Waals surface area contributed by atoms with E-state index in [0.29, 0.717) is 24.9 Å². The van der Waals surface area contributed by atoms with Crippen LogP contribution in [0.5, 0.6) is 0 Å². The predicted molar refractivity (Wildman–Crippen MR) is 142 cm³/mol. The van der Waals surface area contributed by atoms with E-state index in [1.54, 1.807) is 13.0 Å². The number of ether oxygens (including phenoxy) is 4. The van der Waals surface area contributed by atoms with Crippen LogP contribution in [-0.4, -0.2) is 65.7 Å². The Morgan fingerprint density at radius 3 is 2.46 bits per heavy atom. The molecule has 4 unspecified atom stereocenters. The van der Waals surface area contributed by atoms with E-state index in [4.69, 9.17) is 18.9 Å². The van der Waals surface area contributed by atoms with Gasteiger partial charge in [-0.25, -0.2) is 0 Å². The van der Waals surface area contributed by atoms with Gasteiger partial charge in [0.15, 0.2) is 5.78 Å². The van der Waals surface area contributed by atoms with Gasteiger partial charge in [-0.05, 0) is 63.5 Å². The SMILES string of the molecule is CC(=O)O[C@@H](C)/C=C\C(=O)C[C@@H]1C[C@H](C)[C@H](C/C=C(C)/C=C/C2OC(C(C)C)CC3(CO3)C2O)O[C@@H]1C. The molecule has 3 saturated heterocycles. The Bertz CT molecular complexity index is 884. The molecule has 0 amide bonds. The number of ketones is 1. The molecule has 3 rings (SSSR count). The summed E-state index contributed by atoms with van der Waals surface area (Å²) in [5.74, 6) is 0.518. The fourth-order valence-electron chi connectivity index (χ4n) is 5.38. The van der Waals surface area contributed by atoms with Crippen LogP contribution in [0.3, 0.4) is 0 Å². The third-order valence-electron chi connectivity index (χ3n) is 7.94. The first-order valence-corrected chi connectivity index (χ1v) is 13.8. The number of aliphatic hydroxyl groups is 1. The monoisotopic (exact) mass is 518 g/mol. The van der Waals surface area contributed by atoms with Crippen LogP contribution in [0.25, 0.3) is 0 Å². The number of esters is 1. The fourth-order valence-corrected chi connectivity index (χ4v) is 5.38. The zero-order valence-electron chi connectivity index (χ0n) is 23.5. The summed E-state index contributed by atoms with van der Waals surface area (Å²) in [5, 5.41) is 10.8. The van der Waals surface area contributed by atoms with Crippen LogP contribution in [0.15, 0.2) is 36.0 Å². The van der Waals surface area contributed by atoms with Crippen molar-refractivity contribution in [1.29, 1.82) is 0 Å². The molecule has 0 aliphatic carbocycles. The highest BCUT2D eigenvalue weighted by atomic mass is 16.6. The Kier molecular flexibility index (Phi) is 10.3. The summed E-state index contributed by atoms with van der Waals surface area (Å²) in [6.07, 6.45) is 10.9. The van der Waals surface area contributed by atoms with Gasteiger partial charge >= 0.3 is 5.97 Å². The molecule has 7 nitrogen and oxygen atoms in total. The second-order valence-electron chi connectivity index (χ2n) is 11.6. The summed E-state index contributed by atoms with van der Waals surface area (Å²) < 4.78 is 23.2. The van der Waals surface area contributed by atoms with Crippen LogP contribution in [0.1, 0.15) is 74.1 Å². The van der Waals surface area contributed by atoms with Crippen LogP contribution < -0.4 is 0 Å². The van der Waals surface area contributed by atoms with Crippen molar-refractivity contribution in [2.24, 2.45) is 17.8 Å². The van der Waals surface area contributed by atoms with Gasteiger partial charge in [0, 0.05) is 19.8 Å². The molecule has 3 aliphatic heterocycles. The molecule has 1 spiro atoms. The molecule has 9 atom stereocenters. The molecule has 0 saturated carbocycles.